The molecule has 156 valence electrons. The van der Waals surface area contributed by atoms with Crippen LogP contribution >= 0.6 is 0 Å². The van der Waals surface area contributed by atoms with Gasteiger partial charge < -0.3 is 15.2 Å². The minimum atomic E-state index is -1.25. The number of rotatable bonds is 8. The molecule has 0 unspecified atom stereocenters. The average Bonchev–Trinajstić information content (AvgIpc) is 2.86. The number of aliphatic hydroxyl groups is 1. The first-order chi connectivity index (χ1) is 15.2. The van der Waals surface area contributed by atoms with Crippen LogP contribution in [0.4, 0.5) is 0 Å². The predicted molar refractivity (Wildman–Crippen MR) is 125 cm³/mol. The molecule has 0 amide bonds. The minimum absolute atomic E-state index is 0.361. The van der Waals surface area contributed by atoms with Gasteiger partial charge in [0.15, 0.2) is 0 Å². The van der Waals surface area contributed by atoms with Crippen molar-refractivity contribution in [1.29, 1.82) is 0 Å². The van der Waals surface area contributed by atoms with Gasteiger partial charge in [-0.2, -0.15) is 0 Å². The normalized spacial score (nSPS) is 12.3. The Hall–Kier alpha value is -3.40. The summed E-state index contributed by atoms with van der Waals surface area (Å²) in [6.07, 6.45) is 0. The fraction of sp³-hybridized carbons (Fsp3) is 0.143. The van der Waals surface area contributed by atoms with Gasteiger partial charge in [-0.3, -0.25) is 0 Å². The summed E-state index contributed by atoms with van der Waals surface area (Å²) < 4.78 is 5.27. The Bertz CT molecular complexity index is 1020. The smallest absolute Gasteiger partial charge is 0.134 e. The highest BCUT2D eigenvalue weighted by molar-refractivity contribution is 5.41. The number of benzene rings is 4. The standard InChI is InChI=1S/C28H27NO2/c1-31-26-19-17-22(18-20-26)21-29-27(23-11-5-2-6-12-23)28(30,24-13-7-3-8-14-24)25-15-9-4-10-16-25/h2-20,27,29-30H,21H2,1H3/t27-/m1/s1. The van der Waals surface area contributed by atoms with E-state index >= 15 is 0 Å². The molecule has 31 heavy (non-hydrogen) atoms. The number of methoxy groups -OCH3 is 1. The quantitative estimate of drug-likeness (QED) is 0.406. The van der Waals surface area contributed by atoms with Crippen molar-refractivity contribution in [2.45, 2.75) is 18.2 Å². The van der Waals surface area contributed by atoms with E-state index in [1.165, 1.54) is 0 Å². The Morgan fingerprint density at radius 2 is 1.19 bits per heavy atom. The summed E-state index contributed by atoms with van der Waals surface area (Å²) in [5.74, 6) is 0.827. The molecule has 4 aromatic carbocycles. The van der Waals surface area contributed by atoms with Gasteiger partial charge in [-0.1, -0.05) is 103 Å². The molecule has 0 heterocycles. The molecule has 0 bridgehead atoms. The zero-order valence-electron chi connectivity index (χ0n) is 17.6. The molecule has 0 spiro atoms. The summed E-state index contributed by atoms with van der Waals surface area (Å²) in [6, 6.07) is 37.5. The van der Waals surface area contributed by atoms with E-state index in [1.807, 2.05) is 103 Å². The lowest BCUT2D eigenvalue weighted by Crippen LogP contribution is -2.42. The summed E-state index contributed by atoms with van der Waals surface area (Å²) in [7, 11) is 1.67. The number of hydrogen-bond donors (Lipinski definition) is 2. The third kappa shape index (κ3) is 4.53. The highest BCUT2D eigenvalue weighted by Gasteiger charge is 2.40. The van der Waals surface area contributed by atoms with Crippen LogP contribution in [0.2, 0.25) is 0 Å². The van der Waals surface area contributed by atoms with E-state index in [4.69, 9.17) is 4.74 Å². The molecule has 0 saturated heterocycles. The van der Waals surface area contributed by atoms with Gasteiger partial charge in [-0.05, 0) is 34.4 Å². The lowest BCUT2D eigenvalue weighted by atomic mass is 9.77. The van der Waals surface area contributed by atoms with Gasteiger partial charge in [-0.25, -0.2) is 0 Å². The highest BCUT2D eigenvalue weighted by Crippen LogP contribution is 2.41. The molecule has 0 saturated carbocycles. The van der Waals surface area contributed by atoms with Crippen LogP contribution in [0.1, 0.15) is 28.3 Å². The van der Waals surface area contributed by atoms with E-state index in [0.717, 1.165) is 28.0 Å². The second-order valence-electron chi connectivity index (χ2n) is 7.57. The van der Waals surface area contributed by atoms with Crippen LogP contribution < -0.4 is 10.1 Å². The maximum atomic E-state index is 12.3. The molecule has 4 aromatic rings. The van der Waals surface area contributed by atoms with Crippen molar-refractivity contribution in [3.8, 4) is 5.75 Å². The van der Waals surface area contributed by atoms with Crippen LogP contribution in [-0.4, -0.2) is 12.2 Å². The summed E-state index contributed by atoms with van der Waals surface area (Å²) in [5.41, 5.74) is 2.57. The van der Waals surface area contributed by atoms with E-state index in [2.05, 4.69) is 17.4 Å². The monoisotopic (exact) mass is 409 g/mol. The Morgan fingerprint density at radius 3 is 1.68 bits per heavy atom. The Morgan fingerprint density at radius 1 is 0.710 bits per heavy atom. The number of nitrogens with one attached hydrogen (secondary N) is 1. The molecule has 0 aliphatic heterocycles. The summed E-state index contributed by atoms with van der Waals surface area (Å²) >= 11 is 0. The van der Waals surface area contributed by atoms with E-state index in [0.29, 0.717) is 6.54 Å². The molecular weight excluding hydrogens is 382 g/mol. The van der Waals surface area contributed by atoms with Crippen molar-refractivity contribution in [1.82, 2.24) is 5.32 Å². The van der Waals surface area contributed by atoms with Crippen LogP contribution in [0.3, 0.4) is 0 Å². The minimum Gasteiger partial charge on any atom is -0.497 e. The lowest BCUT2D eigenvalue weighted by molar-refractivity contribution is 0.0354. The fourth-order valence-electron chi connectivity index (χ4n) is 4.00. The summed E-state index contributed by atoms with van der Waals surface area (Å²) in [5, 5.41) is 16.0. The topological polar surface area (TPSA) is 41.5 Å². The molecule has 3 heteroatoms. The molecule has 3 nitrogen and oxygen atoms in total. The second-order valence-corrected chi connectivity index (χ2v) is 7.57. The van der Waals surface area contributed by atoms with Crippen LogP contribution in [0.25, 0.3) is 0 Å². The molecule has 1 atom stereocenters. The van der Waals surface area contributed by atoms with Gasteiger partial charge >= 0.3 is 0 Å². The third-order valence-electron chi connectivity index (χ3n) is 5.65. The largest absolute Gasteiger partial charge is 0.497 e. The first-order valence-corrected chi connectivity index (χ1v) is 10.5. The lowest BCUT2D eigenvalue weighted by Gasteiger charge is -2.38. The van der Waals surface area contributed by atoms with Crippen LogP contribution in [0.5, 0.6) is 5.75 Å². The van der Waals surface area contributed by atoms with E-state index in [9.17, 15) is 5.11 Å². The molecular formula is C28H27NO2. The van der Waals surface area contributed by atoms with Crippen molar-refractivity contribution < 1.29 is 9.84 Å². The van der Waals surface area contributed by atoms with Gasteiger partial charge in [0, 0.05) is 6.54 Å². The molecule has 2 N–H and O–H groups in total. The molecule has 0 radical (unpaired) electrons. The predicted octanol–water partition coefficient (Wildman–Crippen LogP) is 5.46. The first kappa shape index (κ1) is 20.9. The third-order valence-corrected chi connectivity index (χ3v) is 5.65. The first-order valence-electron chi connectivity index (χ1n) is 10.5. The van der Waals surface area contributed by atoms with Crippen molar-refractivity contribution in [2.75, 3.05) is 7.11 Å². The number of hydrogen-bond acceptors (Lipinski definition) is 3. The zero-order valence-corrected chi connectivity index (χ0v) is 17.6. The SMILES string of the molecule is COc1ccc(CN[C@H](c2ccccc2)C(O)(c2ccccc2)c2ccccc2)cc1. The van der Waals surface area contributed by atoms with Gasteiger partial charge in [0.05, 0.1) is 13.2 Å². The summed E-state index contributed by atoms with van der Waals surface area (Å²) in [6.45, 7) is 0.603. The molecule has 0 fully saturated rings. The van der Waals surface area contributed by atoms with Gasteiger partial charge in [0.25, 0.3) is 0 Å². The van der Waals surface area contributed by atoms with Gasteiger partial charge in [0.2, 0.25) is 0 Å². The van der Waals surface area contributed by atoms with Crippen LogP contribution in [0, 0.1) is 0 Å². The van der Waals surface area contributed by atoms with E-state index in [1.54, 1.807) is 7.11 Å². The van der Waals surface area contributed by atoms with Crippen molar-refractivity contribution >= 4 is 0 Å². The molecule has 0 aliphatic carbocycles. The summed E-state index contributed by atoms with van der Waals surface area (Å²) in [4.78, 5) is 0. The second kappa shape index (κ2) is 9.61. The zero-order chi connectivity index (χ0) is 21.5. The fourth-order valence-corrected chi connectivity index (χ4v) is 4.00. The highest BCUT2D eigenvalue weighted by atomic mass is 16.5. The van der Waals surface area contributed by atoms with Gasteiger partial charge in [-0.15, -0.1) is 0 Å². The van der Waals surface area contributed by atoms with Crippen LogP contribution in [-0.2, 0) is 12.1 Å². The maximum Gasteiger partial charge on any atom is 0.134 e. The average molecular weight is 410 g/mol. The molecule has 0 aromatic heterocycles. The number of ether oxygens (including phenoxy) is 1. The Kier molecular flexibility index (Phi) is 6.46. The maximum absolute atomic E-state index is 12.3. The molecule has 4 rings (SSSR count). The van der Waals surface area contributed by atoms with Crippen molar-refractivity contribution in [2.24, 2.45) is 0 Å². The van der Waals surface area contributed by atoms with Crippen LogP contribution in [0.15, 0.2) is 115 Å². The van der Waals surface area contributed by atoms with E-state index < -0.39 is 5.60 Å². The molecule has 0 aliphatic rings. The van der Waals surface area contributed by atoms with E-state index in [-0.39, 0.29) is 6.04 Å². The van der Waals surface area contributed by atoms with Crippen molar-refractivity contribution in [3.63, 3.8) is 0 Å². The Balaban J connectivity index is 1.77. The Labute approximate surface area is 184 Å². The van der Waals surface area contributed by atoms with Crippen molar-refractivity contribution in [3.05, 3.63) is 138 Å². The van der Waals surface area contributed by atoms with Gasteiger partial charge in [0.1, 0.15) is 11.4 Å².